The van der Waals surface area contributed by atoms with E-state index in [0.717, 1.165) is 18.5 Å². The Bertz CT molecular complexity index is 175. The van der Waals surface area contributed by atoms with Crippen LogP contribution in [0.2, 0.25) is 0 Å². The molecule has 2 fully saturated rings. The van der Waals surface area contributed by atoms with Gasteiger partial charge in [-0.05, 0) is 45.1 Å². The van der Waals surface area contributed by atoms with E-state index in [0.29, 0.717) is 6.04 Å². The molecule has 0 amide bonds. The number of nitrogens with two attached hydrogens (primary N) is 1. The summed E-state index contributed by atoms with van der Waals surface area (Å²) in [5.41, 5.74) is 5.95. The van der Waals surface area contributed by atoms with Crippen LogP contribution in [0.25, 0.3) is 0 Å². The van der Waals surface area contributed by atoms with E-state index in [2.05, 4.69) is 11.8 Å². The molecular formula is C12H24N2. The third-order valence-corrected chi connectivity index (χ3v) is 4.22. The molecule has 1 saturated heterocycles. The first kappa shape index (κ1) is 10.4. The first-order valence-corrected chi connectivity index (χ1v) is 6.28. The molecule has 82 valence electrons. The highest BCUT2D eigenvalue weighted by Crippen LogP contribution is 2.32. The van der Waals surface area contributed by atoms with Crippen LogP contribution in [0.15, 0.2) is 0 Å². The topological polar surface area (TPSA) is 29.3 Å². The van der Waals surface area contributed by atoms with Gasteiger partial charge >= 0.3 is 0 Å². The van der Waals surface area contributed by atoms with Gasteiger partial charge in [-0.3, -0.25) is 4.90 Å². The highest BCUT2D eigenvalue weighted by Gasteiger charge is 2.33. The predicted molar refractivity (Wildman–Crippen MR) is 60.2 cm³/mol. The molecule has 0 aromatic heterocycles. The number of likely N-dealkylation sites (tertiary alicyclic amines) is 1. The normalized spacial score (nSPS) is 32.6. The van der Waals surface area contributed by atoms with Gasteiger partial charge in [-0.25, -0.2) is 0 Å². The maximum absolute atomic E-state index is 5.95. The van der Waals surface area contributed by atoms with Crippen molar-refractivity contribution in [1.82, 2.24) is 4.90 Å². The predicted octanol–water partition coefficient (Wildman–Crippen LogP) is 1.99. The van der Waals surface area contributed by atoms with Crippen LogP contribution in [0.5, 0.6) is 0 Å². The Balaban J connectivity index is 1.96. The quantitative estimate of drug-likeness (QED) is 0.748. The van der Waals surface area contributed by atoms with Crippen molar-refractivity contribution in [3.63, 3.8) is 0 Å². The van der Waals surface area contributed by atoms with Crippen molar-refractivity contribution in [2.45, 2.75) is 57.5 Å². The summed E-state index contributed by atoms with van der Waals surface area (Å²) in [6.45, 7) is 4.53. The fraction of sp³-hybridized carbons (Fsp3) is 1.00. The zero-order valence-corrected chi connectivity index (χ0v) is 9.41. The fourth-order valence-corrected chi connectivity index (χ4v) is 3.39. The third-order valence-electron chi connectivity index (χ3n) is 4.22. The summed E-state index contributed by atoms with van der Waals surface area (Å²) in [5.74, 6) is 0.903. The average molecular weight is 196 g/mol. The summed E-state index contributed by atoms with van der Waals surface area (Å²) in [7, 11) is 0. The molecule has 2 heteroatoms. The molecule has 2 rings (SSSR count). The average Bonchev–Trinajstić information content (AvgIpc) is 2.80. The molecule has 0 spiro atoms. The molecule has 2 unspecified atom stereocenters. The summed E-state index contributed by atoms with van der Waals surface area (Å²) in [5, 5.41) is 0. The molecule has 1 aliphatic heterocycles. The molecule has 0 bridgehead atoms. The molecule has 2 nitrogen and oxygen atoms in total. The van der Waals surface area contributed by atoms with Gasteiger partial charge in [0.15, 0.2) is 0 Å². The van der Waals surface area contributed by atoms with E-state index in [1.807, 2.05) is 0 Å². The lowest BCUT2D eigenvalue weighted by Gasteiger charge is -2.34. The van der Waals surface area contributed by atoms with Crippen molar-refractivity contribution in [2.24, 2.45) is 11.7 Å². The molecule has 1 aliphatic carbocycles. The van der Waals surface area contributed by atoms with Crippen molar-refractivity contribution >= 4 is 0 Å². The smallest absolute Gasteiger partial charge is 0.0249 e. The van der Waals surface area contributed by atoms with Gasteiger partial charge in [-0.2, -0.15) is 0 Å². The second-order valence-corrected chi connectivity index (χ2v) is 5.08. The summed E-state index contributed by atoms with van der Waals surface area (Å²) in [6, 6.07) is 1.47. The monoisotopic (exact) mass is 196 g/mol. The van der Waals surface area contributed by atoms with E-state index < -0.39 is 0 Å². The highest BCUT2D eigenvalue weighted by molar-refractivity contribution is 4.88. The van der Waals surface area contributed by atoms with Crippen molar-refractivity contribution in [1.29, 1.82) is 0 Å². The minimum atomic E-state index is 0.690. The lowest BCUT2D eigenvalue weighted by Crippen LogP contribution is -2.46. The third kappa shape index (κ3) is 1.96. The molecule has 1 saturated carbocycles. The first-order chi connectivity index (χ1) is 6.83. The van der Waals surface area contributed by atoms with Gasteiger partial charge in [0, 0.05) is 18.6 Å². The van der Waals surface area contributed by atoms with Crippen molar-refractivity contribution < 1.29 is 0 Å². The standard InChI is InChI=1S/C12H24N2/c1-10-5-4-8-14(10)12(9-13)11-6-2-3-7-11/h10-12H,2-9,13H2,1H3. The summed E-state index contributed by atoms with van der Waals surface area (Å²) >= 11 is 0. The van der Waals surface area contributed by atoms with Crippen LogP contribution in [-0.2, 0) is 0 Å². The fourth-order valence-electron chi connectivity index (χ4n) is 3.39. The number of hydrogen-bond donors (Lipinski definition) is 1. The maximum atomic E-state index is 5.95. The van der Waals surface area contributed by atoms with Crippen LogP contribution in [0.4, 0.5) is 0 Å². The Morgan fingerprint density at radius 3 is 2.43 bits per heavy atom. The van der Waals surface area contributed by atoms with E-state index in [4.69, 9.17) is 5.73 Å². The van der Waals surface area contributed by atoms with Crippen LogP contribution in [0, 0.1) is 5.92 Å². The molecular weight excluding hydrogens is 172 g/mol. The van der Waals surface area contributed by atoms with Crippen LogP contribution < -0.4 is 5.73 Å². The Morgan fingerprint density at radius 1 is 1.21 bits per heavy atom. The minimum absolute atomic E-state index is 0.690. The number of rotatable bonds is 3. The summed E-state index contributed by atoms with van der Waals surface area (Å²) in [4.78, 5) is 2.68. The molecule has 1 heterocycles. The van der Waals surface area contributed by atoms with Gasteiger partial charge in [0.1, 0.15) is 0 Å². The summed E-state index contributed by atoms with van der Waals surface area (Å²) < 4.78 is 0. The molecule has 2 N–H and O–H groups in total. The summed E-state index contributed by atoms with van der Waals surface area (Å²) in [6.07, 6.45) is 8.47. The van der Waals surface area contributed by atoms with Crippen molar-refractivity contribution in [3.05, 3.63) is 0 Å². The minimum Gasteiger partial charge on any atom is -0.329 e. The van der Waals surface area contributed by atoms with E-state index in [9.17, 15) is 0 Å². The SMILES string of the molecule is CC1CCCN1C(CN)C1CCCC1. The number of hydrogen-bond acceptors (Lipinski definition) is 2. The van der Waals surface area contributed by atoms with E-state index in [-0.39, 0.29) is 0 Å². The van der Waals surface area contributed by atoms with E-state index in [1.54, 1.807) is 0 Å². The first-order valence-electron chi connectivity index (χ1n) is 6.28. The zero-order chi connectivity index (χ0) is 9.97. The van der Waals surface area contributed by atoms with Gasteiger partial charge in [0.25, 0.3) is 0 Å². The van der Waals surface area contributed by atoms with Crippen LogP contribution in [0.1, 0.15) is 45.4 Å². The van der Waals surface area contributed by atoms with Gasteiger partial charge in [-0.1, -0.05) is 12.8 Å². The molecule has 0 radical (unpaired) electrons. The molecule has 2 atom stereocenters. The van der Waals surface area contributed by atoms with Crippen molar-refractivity contribution in [3.8, 4) is 0 Å². The lowest BCUT2D eigenvalue weighted by molar-refractivity contribution is 0.141. The molecule has 14 heavy (non-hydrogen) atoms. The maximum Gasteiger partial charge on any atom is 0.0249 e. The van der Waals surface area contributed by atoms with Gasteiger partial charge in [0.05, 0.1) is 0 Å². The largest absolute Gasteiger partial charge is 0.329 e. The second-order valence-electron chi connectivity index (χ2n) is 5.08. The van der Waals surface area contributed by atoms with Crippen molar-refractivity contribution in [2.75, 3.05) is 13.1 Å². The van der Waals surface area contributed by atoms with E-state index in [1.165, 1.54) is 45.1 Å². The van der Waals surface area contributed by atoms with Gasteiger partial charge in [0.2, 0.25) is 0 Å². The van der Waals surface area contributed by atoms with Gasteiger partial charge < -0.3 is 5.73 Å². The molecule has 0 aromatic rings. The Labute approximate surface area is 87.8 Å². The molecule has 2 aliphatic rings. The Kier molecular flexibility index (Phi) is 3.45. The highest BCUT2D eigenvalue weighted by atomic mass is 15.2. The Morgan fingerprint density at radius 2 is 1.93 bits per heavy atom. The molecule has 0 aromatic carbocycles. The number of nitrogens with zero attached hydrogens (tertiary/aromatic N) is 1. The zero-order valence-electron chi connectivity index (χ0n) is 9.41. The second kappa shape index (κ2) is 4.63. The Hall–Kier alpha value is -0.0800. The lowest BCUT2D eigenvalue weighted by atomic mass is 9.96. The van der Waals surface area contributed by atoms with Crippen LogP contribution in [0.3, 0.4) is 0 Å². The van der Waals surface area contributed by atoms with Crippen LogP contribution in [-0.4, -0.2) is 30.1 Å². The van der Waals surface area contributed by atoms with Gasteiger partial charge in [-0.15, -0.1) is 0 Å². The van der Waals surface area contributed by atoms with E-state index >= 15 is 0 Å². The van der Waals surface area contributed by atoms with Crippen LogP contribution >= 0.6 is 0 Å².